The number of hydrogen-bond donors (Lipinski definition) is 2. The van der Waals surface area contributed by atoms with E-state index in [4.69, 9.17) is 9.84 Å². The highest BCUT2D eigenvalue weighted by molar-refractivity contribution is 5.81. The summed E-state index contributed by atoms with van der Waals surface area (Å²) < 4.78 is 5.64. The highest BCUT2D eigenvalue weighted by atomic mass is 16.5. The van der Waals surface area contributed by atoms with Crippen LogP contribution in [-0.4, -0.2) is 53.7 Å². The van der Waals surface area contributed by atoms with Crippen LogP contribution in [0.5, 0.6) is 0 Å². The second-order valence-electron chi connectivity index (χ2n) is 9.99. The minimum Gasteiger partial charge on any atom is -0.481 e. The lowest BCUT2D eigenvalue weighted by molar-refractivity contribution is -0.140. The molecule has 0 radical (unpaired) electrons. The van der Waals surface area contributed by atoms with Crippen molar-refractivity contribution in [3.63, 3.8) is 0 Å². The molecule has 35 heavy (non-hydrogen) atoms. The molecule has 2 saturated carbocycles. The highest BCUT2D eigenvalue weighted by Crippen LogP contribution is 2.44. The molecule has 184 valence electrons. The zero-order chi connectivity index (χ0) is 24.4. The Morgan fingerprint density at radius 2 is 1.60 bits per heavy atom. The molecule has 2 aromatic rings. The number of carboxylic acids is 1. The Labute approximate surface area is 205 Å². The first-order valence-electron chi connectivity index (χ1n) is 12.6. The quantitative estimate of drug-likeness (QED) is 0.501. The molecule has 2 aromatic carbocycles. The summed E-state index contributed by atoms with van der Waals surface area (Å²) in [6.07, 6.45) is 4.18. The Bertz CT molecular complexity index is 1060. The number of rotatable bonds is 11. The Hall–Kier alpha value is -3.35. The van der Waals surface area contributed by atoms with Gasteiger partial charge >= 0.3 is 12.1 Å². The third-order valence-corrected chi connectivity index (χ3v) is 7.34. The van der Waals surface area contributed by atoms with E-state index < -0.39 is 12.1 Å². The Morgan fingerprint density at radius 3 is 2.17 bits per heavy atom. The zero-order valence-corrected chi connectivity index (χ0v) is 19.8. The summed E-state index contributed by atoms with van der Waals surface area (Å²) >= 11 is 0. The second-order valence-corrected chi connectivity index (χ2v) is 9.99. The molecule has 1 atom stereocenters. The Balaban J connectivity index is 1.19. The first-order valence-corrected chi connectivity index (χ1v) is 12.6. The van der Waals surface area contributed by atoms with Gasteiger partial charge in [0.2, 0.25) is 5.91 Å². The standard InChI is InChI=1S/C28H32N2O5/c31-26(32)13-14-30(20-11-12-20)27(33)19(15-18-9-10-18)16-29-28(34)35-17-25-23-7-3-1-5-21(23)22-6-2-4-8-24(22)25/h1-8,18-20,25H,9-17H2,(H,29,34)(H,31,32). The number of ether oxygens (including phenoxy) is 1. The molecule has 2 amide bonds. The molecule has 5 rings (SSSR count). The largest absolute Gasteiger partial charge is 0.481 e. The summed E-state index contributed by atoms with van der Waals surface area (Å²) in [6, 6.07) is 16.5. The lowest BCUT2D eigenvalue weighted by Gasteiger charge is -2.27. The van der Waals surface area contributed by atoms with Crippen molar-refractivity contribution < 1.29 is 24.2 Å². The number of carboxylic acid groups (broad SMARTS) is 1. The number of hydrogen-bond acceptors (Lipinski definition) is 4. The minimum absolute atomic E-state index is 0.0154. The van der Waals surface area contributed by atoms with Crippen molar-refractivity contribution in [2.24, 2.45) is 11.8 Å². The molecule has 7 heteroatoms. The third-order valence-electron chi connectivity index (χ3n) is 7.34. The van der Waals surface area contributed by atoms with Crippen LogP contribution in [0.15, 0.2) is 48.5 Å². The predicted molar refractivity (Wildman–Crippen MR) is 131 cm³/mol. The lowest BCUT2D eigenvalue weighted by Crippen LogP contribution is -2.44. The molecular formula is C28H32N2O5. The third kappa shape index (κ3) is 5.50. The maximum atomic E-state index is 13.3. The van der Waals surface area contributed by atoms with Gasteiger partial charge in [-0.25, -0.2) is 4.79 Å². The fourth-order valence-electron chi connectivity index (χ4n) is 5.19. The van der Waals surface area contributed by atoms with Crippen LogP contribution in [0, 0.1) is 11.8 Å². The van der Waals surface area contributed by atoms with E-state index in [1.165, 1.54) is 11.1 Å². The van der Waals surface area contributed by atoms with Crippen molar-refractivity contribution in [2.45, 2.75) is 50.5 Å². The van der Waals surface area contributed by atoms with Crippen molar-refractivity contribution in [1.82, 2.24) is 10.2 Å². The van der Waals surface area contributed by atoms with Gasteiger partial charge in [0, 0.05) is 25.0 Å². The molecule has 0 spiro atoms. The van der Waals surface area contributed by atoms with Crippen LogP contribution in [0.4, 0.5) is 4.79 Å². The van der Waals surface area contributed by atoms with E-state index in [0.29, 0.717) is 5.92 Å². The van der Waals surface area contributed by atoms with Gasteiger partial charge in [0.15, 0.2) is 0 Å². The van der Waals surface area contributed by atoms with E-state index in [2.05, 4.69) is 29.6 Å². The van der Waals surface area contributed by atoms with Crippen molar-refractivity contribution in [3.8, 4) is 11.1 Å². The number of carbonyl (C=O) groups excluding carboxylic acids is 2. The summed E-state index contributed by atoms with van der Waals surface area (Å²) in [6.45, 7) is 0.668. The molecule has 1 unspecified atom stereocenters. The maximum absolute atomic E-state index is 13.3. The van der Waals surface area contributed by atoms with Gasteiger partial charge in [0.25, 0.3) is 0 Å². The van der Waals surface area contributed by atoms with Gasteiger partial charge in [0.05, 0.1) is 12.3 Å². The molecule has 0 aliphatic heterocycles. The average Bonchev–Trinajstić information content (AvgIpc) is 3.79. The van der Waals surface area contributed by atoms with Crippen LogP contribution in [-0.2, 0) is 14.3 Å². The van der Waals surface area contributed by atoms with E-state index >= 15 is 0 Å². The van der Waals surface area contributed by atoms with Gasteiger partial charge in [0.1, 0.15) is 6.61 Å². The number of benzene rings is 2. The molecule has 2 fully saturated rings. The number of amides is 2. The molecule has 3 aliphatic rings. The Morgan fingerprint density at radius 1 is 0.971 bits per heavy atom. The summed E-state index contributed by atoms with van der Waals surface area (Å²) in [5.74, 6) is -0.803. The smallest absolute Gasteiger partial charge is 0.407 e. The predicted octanol–water partition coefficient (Wildman–Crippen LogP) is 4.41. The molecule has 0 aromatic heterocycles. The van der Waals surface area contributed by atoms with Gasteiger partial charge in [-0.15, -0.1) is 0 Å². The minimum atomic E-state index is -0.904. The van der Waals surface area contributed by atoms with E-state index in [1.54, 1.807) is 4.90 Å². The van der Waals surface area contributed by atoms with Gasteiger partial charge in [-0.3, -0.25) is 9.59 Å². The fourth-order valence-corrected chi connectivity index (χ4v) is 5.19. The molecule has 3 aliphatic carbocycles. The summed E-state index contributed by atoms with van der Waals surface area (Å²) in [5, 5.41) is 11.9. The van der Waals surface area contributed by atoms with Gasteiger partial charge in [-0.05, 0) is 47.4 Å². The van der Waals surface area contributed by atoms with Gasteiger partial charge in [-0.2, -0.15) is 0 Å². The zero-order valence-electron chi connectivity index (χ0n) is 19.8. The van der Waals surface area contributed by atoms with Crippen LogP contribution < -0.4 is 5.32 Å². The topological polar surface area (TPSA) is 95.9 Å². The molecule has 2 N–H and O–H groups in total. The first kappa shape index (κ1) is 23.4. The number of aliphatic carboxylic acids is 1. The number of nitrogens with one attached hydrogen (secondary N) is 1. The average molecular weight is 477 g/mol. The van der Waals surface area contributed by atoms with Crippen molar-refractivity contribution in [1.29, 1.82) is 0 Å². The van der Waals surface area contributed by atoms with E-state index in [0.717, 1.165) is 43.2 Å². The molecule has 0 heterocycles. The second kappa shape index (κ2) is 10.1. The van der Waals surface area contributed by atoms with E-state index in [1.807, 2.05) is 24.3 Å². The number of fused-ring (bicyclic) bond motifs is 3. The molecule has 7 nitrogen and oxygen atoms in total. The summed E-state index contributed by atoms with van der Waals surface area (Å²) in [5.41, 5.74) is 4.66. The van der Waals surface area contributed by atoms with Gasteiger partial charge in [-0.1, -0.05) is 61.4 Å². The fraction of sp³-hybridized carbons (Fsp3) is 0.464. The highest BCUT2D eigenvalue weighted by Gasteiger charge is 2.38. The monoisotopic (exact) mass is 476 g/mol. The molecular weight excluding hydrogens is 444 g/mol. The van der Waals surface area contributed by atoms with Crippen molar-refractivity contribution >= 4 is 18.0 Å². The van der Waals surface area contributed by atoms with Crippen LogP contribution in [0.3, 0.4) is 0 Å². The number of carbonyl (C=O) groups is 3. The Kier molecular flexibility index (Phi) is 6.75. The van der Waals surface area contributed by atoms with Gasteiger partial charge < -0.3 is 20.1 Å². The number of alkyl carbamates (subject to hydrolysis) is 1. The van der Waals surface area contributed by atoms with E-state index in [9.17, 15) is 14.4 Å². The summed E-state index contributed by atoms with van der Waals surface area (Å²) in [4.78, 5) is 38.7. The van der Waals surface area contributed by atoms with Crippen molar-refractivity contribution in [3.05, 3.63) is 59.7 Å². The number of nitrogens with zero attached hydrogens (tertiary/aromatic N) is 1. The van der Waals surface area contributed by atoms with Crippen LogP contribution in [0.2, 0.25) is 0 Å². The normalized spacial score (nSPS) is 17.3. The van der Waals surface area contributed by atoms with Crippen LogP contribution in [0.1, 0.15) is 55.6 Å². The van der Waals surface area contributed by atoms with E-state index in [-0.39, 0.29) is 49.9 Å². The molecule has 0 bridgehead atoms. The molecule has 0 saturated heterocycles. The van der Waals surface area contributed by atoms with Crippen molar-refractivity contribution in [2.75, 3.05) is 19.7 Å². The lowest BCUT2D eigenvalue weighted by atomic mass is 9.98. The maximum Gasteiger partial charge on any atom is 0.407 e. The summed E-state index contributed by atoms with van der Waals surface area (Å²) in [7, 11) is 0. The SMILES string of the molecule is O=C(O)CCN(C(=O)C(CNC(=O)OCC1c2ccccc2-c2ccccc21)CC1CC1)C1CC1. The van der Waals surface area contributed by atoms with Crippen LogP contribution in [0.25, 0.3) is 11.1 Å². The van der Waals surface area contributed by atoms with Crippen LogP contribution >= 0.6 is 0 Å². The first-order chi connectivity index (χ1) is 17.0.